The maximum atomic E-state index is 11.8. The number of carboxylic acids is 2. The van der Waals surface area contributed by atoms with Crippen LogP contribution in [0.5, 0.6) is 0 Å². The molecule has 0 unspecified atom stereocenters. The second kappa shape index (κ2) is 16.6. The number of aromatic nitrogens is 3. The van der Waals surface area contributed by atoms with Crippen LogP contribution >= 0.6 is 0 Å². The summed E-state index contributed by atoms with van der Waals surface area (Å²) < 4.78 is 1.75. The number of rotatable bonds is 19. The topological polar surface area (TPSA) is 164 Å². The molecule has 1 aromatic heterocycles. The molecular weight excluding hydrogens is 430 g/mol. The summed E-state index contributed by atoms with van der Waals surface area (Å²) in [4.78, 5) is 44.5. The van der Waals surface area contributed by atoms with Crippen molar-refractivity contribution >= 4 is 23.8 Å². The Morgan fingerprint density at radius 3 is 2.39 bits per heavy atom. The van der Waals surface area contributed by atoms with Crippen LogP contribution in [0.2, 0.25) is 0 Å². The first-order valence-electron chi connectivity index (χ1n) is 11.7. The van der Waals surface area contributed by atoms with Crippen LogP contribution in [0.1, 0.15) is 83.2 Å². The molecule has 11 heteroatoms. The number of amides is 2. The molecule has 0 aromatic carbocycles. The molecule has 0 aliphatic heterocycles. The lowest BCUT2D eigenvalue weighted by atomic mass is 10.1. The van der Waals surface area contributed by atoms with Crippen molar-refractivity contribution in [3.05, 3.63) is 11.9 Å². The molecule has 186 valence electrons. The van der Waals surface area contributed by atoms with Crippen molar-refractivity contribution in [1.29, 1.82) is 0 Å². The largest absolute Gasteiger partial charge is 0.481 e. The number of urea groups is 1. The summed E-state index contributed by atoms with van der Waals surface area (Å²) in [6, 6.07) is -1.63. The van der Waals surface area contributed by atoms with E-state index in [2.05, 4.69) is 20.9 Å². The Kier molecular flexibility index (Phi) is 14.1. The van der Waals surface area contributed by atoms with Gasteiger partial charge in [-0.1, -0.05) is 24.5 Å². The van der Waals surface area contributed by atoms with E-state index in [1.807, 2.05) is 6.20 Å². The molecule has 1 atom stereocenters. The molecule has 0 radical (unpaired) electrons. The molecular formula is C22H37N5O6. The number of hydrogen-bond donors (Lipinski definition) is 4. The van der Waals surface area contributed by atoms with Gasteiger partial charge in [-0.15, -0.1) is 5.10 Å². The van der Waals surface area contributed by atoms with Crippen molar-refractivity contribution in [3.63, 3.8) is 0 Å². The van der Waals surface area contributed by atoms with Crippen LogP contribution in [0.4, 0.5) is 4.79 Å². The van der Waals surface area contributed by atoms with E-state index in [0.717, 1.165) is 44.2 Å². The fraction of sp³-hybridized carbons (Fsp3) is 0.727. The molecule has 2 amide bonds. The quantitative estimate of drug-likeness (QED) is 0.225. The molecule has 33 heavy (non-hydrogen) atoms. The lowest BCUT2D eigenvalue weighted by Gasteiger charge is -2.15. The Labute approximate surface area is 194 Å². The maximum Gasteiger partial charge on any atom is 0.326 e. The van der Waals surface area contributed by atoms with E-state index in [1.54, 1.807) is 11.6 Å². The molecule has 0 aliphatic rings. The third-order valence-electron chi connectivity index (χ3n) is 5.13. The third kappa shape index (κ3) is 14.7. The van der Waals surface area contributed by atoms with Crippen molar-refractivity contribution < 1.29 is 29.4 Å². The highest BCUT2D eigenvalue weighted by Gasteiger charge is 2.19. The van der Waals surface area contributed by atoms with E-state index in [-0.39, 0.29) is 31.6 Å². The predicted molar refractivity (Wildman–Crippen MR) is 121 cm³/mol. The van der Waals surface area contributed by atoms with E-state index in [9.17, 15) is 24.3 Å². The summed E-state index contributed by atoms with van der Waals surface area (Å²) in [5.74, 6) is -1.81. The molecule has 1 heterocycles. The molecule has 11 nitrogen and oxygen atoms in total. The Balaban J connectivity index is 2.18. The predicted octanol–water partition coefficient (Wildman–Crippen LogP) is 2.54. The molecule has 0 spiro atoms. The van der Waals surface area contributed by atoms with Crippen molar-refractivity contribution in [1.82, 2.24) is 25.6 Å². The molecule has 0 saturated heterocycles. The van der Waals surface area contributed by atoms with Gasteiger partial charge in [-0.3, -0.25) is 9.48 Å². The summed E-state index contributed by atoms with van der Waals surface area (Å²) in [5, 5.41) is 31.0. The Morgan fingerprint density at radius 1 is 0.970 bits per heavy atom. The number of hydrogen-bond acceptors (Lipinski definition) is 6. The van der Waals surface area contributed by atoms with Gasteiger partial charge in [0.25, 0.3) is 0 Å². The fourth-order valence-electron chi connectivity index (χ4n) is 3.30. The Bertz CT molecular complexity index is 751. The van der Waals surface area contributed by atoms with Crippen LogP contribution in [0.25, 0.3) is 0 Å². The molecule has 1 rings (SSSR count). The first-order chi connectivity index (χ1) is 15.8. The zero-order chi connectivity index (χ0) is 24.5. The summed E-state index contributed by atoms with van der Waals surface area (Å²) in [6.07, 6.45) is 10.5. The number of unbranched alkanes of at least 4 members (excludes halogenated alkanes) is 5. The molecule has 0 bridgehead atoms. The van der Waals surface area contributed by atoms with Crippen molar-refractivity contribution in [2.45, 2.75) is 96.6 Å². The van der Waals surface area contributed by atoms with E-state index in [0.29, 0.717) is 25.8 Å². The minimum absolute atomic E-state index is 0.0607. The van der Waals surface area contributed by atoms with Gasteiger partial charge in [0, 0.05) is 32.1 Å². The van der Waals surface area contributed by atoms with Crippen LogP contribution in [-0.2, 0) is 27.3 Å². The first kappa shape index (κ1) is 28.1. The van der Waals surface area contributed by atoms with Crippen LogP contribution < -0.4 is 10.6 Å². The summed E-state index contributed by atoms with van der Waals surface area (Å²) in [7, 11) is 0. The molecule has 0 saturated carbocycles. The number of ketones is 1. The molecule has 1 aromatic rings. The van der Waals surface area contributed by atoms with Gasteiger partial charge in [0.1, 0.15) is 11.8 Å². The second-order valence-corrected chi connectivity index (χ2v) is 8.23. The lowest BCUT2D eigenvalue weighted by molar-refractivity contribution is -0.139. The van der Waals surface area contributed by atoms with Gasteiger partial charge in [-0.05, 0) is 51.9 Å². The Morgan fingerprint density at radius 2 is 1.70 bits per heavy atom. The zero-order valence-electron chi connectivity index (χ0n) is 19.4. The number of aliphatic carboxylic acids is 2. The van der Waals surface area contributed by atoms with Gasteiger partial charge in [-0.25, -0.2) is 9.59 Å². The van der Waals surface area contributed by atoms with E-state index < -0.39 is 24.0 Å². The van der Waals surface area contributed by atoms with E-state index in [4.69, 9.17) is 5.11 Å². The number of aryl methyl sites for hydroxylation is 2. The van der Waals surface area contributed by atoms with Gasteiger partial charge >= 0.3 is 18.0 Å². The van der Waals surface area contributed by atoms with Gasteiger partial charge in [0.2, 0.25) is 0 Å². The second-order valence-electron chi connectivity index (χ2n) is 8.23. The molecule has 4 N–H and O–H groups in total. The number of carbonyl (C=O) groups excluding carboxylic acids is 2. The van der Waals surface area contributed by atoms with Crippen molar-refractivity contribution in [2.24, 2.45) is 0 Å². The summed E-state index contributed by atoms with van der Waals surface area (Å²) in [6.45, 7) is 2.41. The smallest absolute Gasteiger partial charge is 0.326 e. The molecule has 0 fully saturated rings. The van der Waals surface area contributed by atoms with Crippen molar-refractivity contribution in [3.8, 4) is 0 Å². The highest BCUT2D eigenvalue weighted by atomic mass is 16.4. The Hall–Kier alpha value is -2.98. The number of nitrogens with one attached hydrogen (secondary N) is 2. The monoisotopic (exact) mass is 467 g/mol. The SMILES string of the molecule is CC(=O)CCCCCCCc1cn(CCCC[C@H](NC(=O)NCCCC(=O)O)C(=O)O)nn1. The standard InChI is InChI=1S/C22H37N5O6/c1-17(28)10-5-3-2-4-6-11-18-16-27(26-25-18)15-8-7-12-19(21(31)32)24-22(33)23-14-9-13-20(29)30/h16,19H,2-15H2,1H3,(H,29,30)(H,31,32)(H2,23,24,33)/t19-/m0/s1. The number of Topliss-reactive ketones (excluding diaryl/α,β-unsaturated/α-hetero) is 1. The number of carboxylic acid groups (broad SMARTS) is 2. The normalized spacial score (nSPS) is 11.7. The molecule has 0 aliphatic carbocycles. The first-order valence-corrected chi connectivity index (χ1v) is 11.7. The fourth-order valence-corrected chi connectivity index (χ4v) is 3.30. The minimum Gasteiger partial charge on any atom is -0.481 e. The van der Waals surface area contributed by atoms with Crippen LogP contribution in [0, 0.1) is 0 Å². The van der Waals surface area contributed by atoms with Crippen molar-refractivity contribution in [2.75, 3.05) is 6.54 Å². The average molecular weight is 468 g/mol. The van der Waals surface area contributed by atoms with Gasteiger partial charge in [0.05, 0.1) is 5.69 Å². The third-order valence-corrected chi connectivity index (χ3v) is 5.13. The van der Waals surface area contributed by atoms with Crippen LogP contribution in [0.15, 0.2) is 6.20 Å². The van der Waals surface area contributed by atoms with Gasteiger partial charge in [0.15, 0.2) is 0 Å². The highest BCUT2D eigenvalue weighted by molar-refractivity contribution is 5.82. The van der Waals surface area contributed by atoms with Crippen LogP contribution in [0.3, 0.4) is 0 Å². The summed E-state index contributed by atoms with van der Waals surface area (Å²) in [5.41, 5.74) is 0.934. The van der Waals surface area contributed by atoms with E-state index in [1.165, 1.54) is 0 Å². The summed E-state index contributed by atoms with van der Waals surface area (Å²) >= 11 is 0. The minimum atomic E-state index is -1.11. The number of carbonyl (C=O) groups is 4. The highest BCUT2D eigenvalue weighted by Crippen LogP contribution is 2.09. The lowest BCUT2D eigenvalue weighted by Crippen LogP contribution is -2.46. The number of nitrogens with zero attached hydrogens (tertiary/aromatic N) is 3. The maximum absolute atomic E-state index is 11.8. The van der Waals surface area contributed by atoms with E-state index >= 15 is 0 Å². The van der Waals surface area contributed by atoms with Gasteiger partial charge in [-0.2, -0.15) is 0 Å². The van der Waals surface area contributed by atoms with Gasteiger partial charge < -0.3 is 25.6 Å². The average Bonchev–Trinajstić information content (AvgIpc) is 3.19. The van der Waals surface area contributed by atoms with Crippen LogP contribution in [-0.4, -0.2) is 61.5 Å². The zero-order valence-corrected chi connectivity index (χ0v) is 19.4.